The molecule has 1 aromatic carbocycles. The maximum Gasteiger partial charge on any atom is 0.332 e. The van der Waals surface area contributed by atoms with Crippen LogP contribution in [0.1, 0.15) is 33.7 Å². The van der Waals surface area contributed by atoms with Crippen molar-refractivity contribution in [1.29, 1.82) is 0 Å². The average Bonchev–Trinajstić information content (AvgIpc) is 2.76. The van der Waals surface area contributed by atoms with E-state index in [0.29, 0.717) is 35.2 Å². The molecule has 0 unspecified atom stereocenters. The summed E-state index contributed by atoms with van der Waals surface area (Å²) in [5, 5.41) is 4.27. The maximum atomic E-state index is 13.1. The highest BCUT2D eigenvalue weighted by Crippen LogP contribution is 2.28. The molecule has 0 N–H and O–H groups in total. The third-order valence-corrected chi connectivity index (χ3v) is 4.79. The second-order valence-electron chi connectivity index (χ2n) is 5.54. The Morgan fingerprint density at radius 1 is 1.30 bits per heavy atom. The summed E-state index contributed by atoms with van der Waals surface area (Å²) in [6, 6.07) is 5.50. The first-order valence-corrected chi connectivity index (χ1v) is 8.48. The first kappa shape index (κ1) is 15.6. The molecule has 1 aliphatic rings. The van der Waals surface area contributed by atoms with Crippen LogP contribution in [-0.2, 0) is 23.7 Å². The molecule has 0 radical (unpaired) electrons. The van der Waals surface area contributed by atoms with E-state index in [1.807, 2.05) is 7.05 Å². The van der Waals surface area contributed by atoms with E-state index in [9.17, 15) is 17.1 Å². The van der Waals surface area contributed by atoms with Crippen LogP contribution < -0.4 is 0 Å². The molecular weight excluding hydrogens is 319 g/mol. The van der Waals surface area contributed by atoms with Crippen LogP contribution in [0.3, 0.4) is 0 Å². The van der Waals surface area contributed by atoms with Gasteiger partial charge < -0.3 is 0 Å². The van der Waals surface area contributed by atoms with Crippen molar-refractivity contribution in [1.82, 2.24) is 9.78 Å². The number of halogens is 1. The Morgan fingerprint density at radius 3 is 2.74 bits per heavy atom. The van der Waals surface area contributed by atoms with Crippen LogP contribution in [0.5, 0.6) is 0 Å². The molecule has 0 bridgehead atoms. The Bertz CT molecular complexity index is 942. The van der Waals surface area contributed by atoms with Gasteiger partial charge in [-0.15, -0.1) is 3.89 Å². The van der Waals surface area contributed by atoms with Crippen molar-refractivity contribution in [3.8, 4) is 0 Å². The van der Waals surface area contributed by atoms with Gasteiger partial charge in [0.05, 0.1) is 16.2 Å². The number of benzene rings is 1. The van der Waals surface area contributed by atoms with Crippen molar-refractivity contribution in [2.24, 2.45) is 7.05 Å². The second kappa shape index (κ2) is 5.42. The minimum absolute atomic E-state index is 0.106. The molecule has 0 fully saturated rings. The van der Waals surface area contributed by atoms with Crippen LogP contribution in [-0.4, -0.2) is 24.0 Å². The SMILES string of the molecule is Cc1nn(C)c2c1C(=O)/C(=C/c1cccc(S(=O)(=O)F)c1)CC2. The Labute approximate surface area is 133 Å². The molecule has 23 heavy (non-hydrogen) atoms. The van der Waals surface area contributed by atoms with Crippen molar-refractivity contribution in [3.05, 3.63) is 52.4 Å². The van der Waals surface area contributed by atoms with E-state index in [1.54, 1.807) is 23.7 Å². The van der Waals surface area contributed by atoms with E-state index in [0.717, 1.165) is 5.69 Å². The van der Waals surface area contributed by atoms with E-state index < -0.39 is 15.1 Å². The summed E-state index contributed by atoms with van der Waals surface area (Å²) in [7, 11) is -2.95. The fraction of sp³-hybridized carbons (Fsp3) is 0.250. The van der Waals surface area contributed by atoms with Crippen molar-refractivity contribution < 1.29 is 17.1 Å². The van der Waals surface area contributed by atoms with E-state index in [1.165, 1.54) is 18.2 Å². The highest BCUT2D eigenvalue weighted by molar-refractivity contribution is 7.86. The predicted octanol–water partition coefficient (Wildman–Crippen LogP) is 2.60. The maximum absolute atomic E-state index is 13.1. The summed E-state index contributed by atoms with van der Waals surface area (Å²) in [6.07, 6.45) is 2.84. The lowest BCUT2D eigenvalue weighted by Gasteiger charge is -2.15. The van der Waals surface area contributed by atoms with Crippen LogP contribution in [0.15, 0.2) is 34.7 Å². The zero-order valence-electron chi connectivity index (χ0n) is 12.7. The number of aryl methyl sites for hydroxylation is 2. The van der Waals surface area contributed by atoms with Gasteiger partial charge in [0.2, 0.25) is 0 Å². The summed E-state index contributed by atoms with van der Waals surface area (Å²) in [5.74, 6) is -0.106. The summed E-state index contributed by atoms with van der Waals surface area (Å²) >= 11 is 0. The molecule has 3 rings (SSSR count). The number of hydrogen-bond acceptors (Lipinski definition) is 4. The molecule has 0 amide bonds. The number of Topliss-reactive ketones (excluding diaryl/α,β-unsaturated/α-hetero) is 1. The van der Waals surface area contributed by atoms with E-state index in [-0.39, 0.29) is 5.78 Å². The number of aromatic nitrogens is 2. The molecule has 0 saturated carbocycles. The summed E-state index contributed by atoms with van der Waals surface area (Å²) < 4.78 is 36.8. The van der Waals surface area contributed by atoms with Crippen LogP contribution >= 0.6 is 0 Å². The number of rotatable bonds is 2. The molecule has 0 saturated heterocycles. The minimum atomic E-state index is -4.76. The molecule has 1 aliphatic carbocycles. The topological polar surface area (TPSA) is 69.0 Å². The molecular formula is C16H15FN2O3S. The number of nitrogens with zero attached hydrogens (tertiary/aromatic N) is 2. The molecule has 120 valence electrons. The van der Waals surface area contributed by atoms with Crippen molar-refractivity contribution in [3.63, 3.8) is 0 Å². The van der Waals surface area contributed by atoms with Gasteiger partial charge in [-0.2, -0.15) is 13.5 Å². The number of ketones is 1. The minimum Gasteiger partial charge on any atom is -0.289 e. The Balaban J connectivity index is 2.02. The van der Waals surface area contributed by atoms with E-state index in [4.69, 9.17) is 0 Å². The number of allylic oxidation sites excluding steroid dienone is 1. The quantitative estimate of drug-likeness (QED) is 0.625. The fourth-order valence-electron chi connectivity index (χ4n) is 2.91. The molecule has 0 atom stereocenters. The monoisotopic (exact) mass is 334 g/mol. The average molecular weight is 334 g/mol. The zero-order chi connectivity index (χ0) is 16.8. The van der Waals surface area contributed by atoms with Gasteiger partial charge in [0.15, 0.2) is 5.78 Å². The largest absolute Gasteiger partial charge is 0.332 e. The normalized spacial score (nSPS) is 16.7. The fourth-order valence-corrected chi connectivity index (χ4v) is 3.43. The lowest BCUT2D eigenvalue weighted by molar-refractivity contribution is 0.102. The third-order valence-electron chi connectivity index (χ3n) is 3.97. The molecule has 5 nitrogen and oxygen atoms in total. The van der Waals surface area contributed by atoms with Gasteiger partial charge in [-0.25, -0.2) is 0 Å². The van der Waals surface area contributed by atoms with Gasteiger partial charge in [-0.3, -0.25) is 9.48 Å². The second-order valence-corrected chi connectivity index (χ2v) is 6.89. The Kier molecular flexibility index (Phi) is 3.68. The number of carbonyl (C=O) groups is 1. The highest BCUT2D eigenvalue weighted by Gasteiger charge is 2.27. The van der Waals surface area contributed by atoms with Gasteiger partial charge in [-0.1, -0.05) is 12.1 Å². The number of hydrogen-bond donors (Lipinski definition) is 0. The first-order valence-electron chi connectivity index (χ1n) is 7.10. The van der Waals surface area contributed by atoms with Crippen LogP contribution in [0, 0.1) is 6.92 Å². The molecule has 0 spiro atoms. The predicted molar refractivity (Wildman–Crippen MR) is 83.3 cm³/mol. The number of carbonyl (C=O) groups excluding carboxylic acids is 1. The lowest BCUT2D eigenvalue weighted by atomic mass is 9.89. The van der Waals surface area contributed by atoms with Crippen LogP contribution in [0.2, 0.25) is 0 Å². The van der Waals surface area contributed by atoms with Crippen LogP contribution in [0.4, 0.5) is 3.89 Å². The Hall–Kier alpha value is -2.28. The number of fused-ring (bicyclic) bond motifs is 1. The van der Waals surface area contributed by atoms with E-state index >= 15 is 0 Å². The van der Waals surface area contributed by atoms with Gasteiger partial charge in [0, 0.05) is 18.3 Å². The highest BCUT2D eigenvalue weighted by atomic mass is 32.3. The standard InChI is InChI=1S/C16H15FN2O3S/c1-10-15-14(19(2)18-10)7-6-12(16(15)20)8-11-4-3-5-13(9-11)23(17,21)22/h3-5,8-9H,6-7H2,1-2H3/b12-8+. The molecule has 0 aliphatic heterocycles. The third kappa shape index (κ3) is 2.84. The lowest BCUT2D eigenvalue weighted by Crippen LogP contribution is -2.15. The molecule has 7 heteroatoms. The zero-order valence-corrected chi connectivity index (χ0v) is 13.5. The summed E-state index contributed by atoms with van der Waals surface area (Å²) in [4.78, 5) is 12.2. The van der Waals surface area contributed by atoms with Crippen LogP contribution in [0.25, 0.3) is 6.08 Å². The Morgan fingerprint density at radius 2 is 2.04 bits per heavy atom. The van der Waals surface area contributed by atoms with Gasteiger partial charge in [0.25, 0.3) is 0 Å². The van der Waals surface area contributed by atoms with E-state index in [2.05, 4.69) is 5.10 Å². The van der Waals surface area contributed by atoms with Gasteiger partial charge in [0.1, 0.15) is 0 Å². The van der Waals surface area contributed by atoms with Crippen molar-refractivity contribution >= 4 is 22.1 Å². The molecule has 1 heterocycles. The van der Waals surface area contributed by atoms with Crippen molar-refractivity contribution in [2.75, 3.05) is 0 Å². The van der Waals surface area contributed by atoms with Crippen molar-refractivity contribution in [2.45, 2.75) is 24.7 Å². The van der Waals surface area contributed by atoms with Gasteiger partial charge >= 0.3 is 10.2 Å². The summed E-state index contributed by atoms with van der Waals surface area (Å²) in [6.45, 7) is 1.79. The first-order chi connectivity index (χ1) is 10.8. The molecule has 2 aromatic rings. The smallest absolute Gasteiger partial charge is 0.289 e. The van der Waals surface area contributed by atoms with Gasteiger partial charge in [-0.05, 0) is 43.5 Å². The summed E-state index contributed by atoms with van der Waals surface area (Å²) in [5.41, 5.74) is 3.25. The molecule has 1 aromatic heterocycles.